The highest BCUT2D eigenvalue weighted by Gasteiger charge is 2.08. The lowest BCUT2D eigenvalue weighted by molar-refractivity contribution is -0.671. The van der Waals surface area contributed by atoms with Gasteiger partial charge in [0.15, 0.2) is 0 Å². The van der Waals surface area contributed by atoms with Gasteiger partial charge < -0.3 is 19.2 Å². The highest BCUT2D eigenvalue weighted by molar-refractivity contribution is 5.80. The van der Waals surface area contributed by atoms with Gasteiger partial charge in [0.05, 0.1) is 6.61 Å². The molecule has 27 heavy (non-hydrogen) atoms. The van der Waals surface area contributed by atoms with E-state index in [0.717, 1.165) is 41.0 Å². The van der Waals surface area contributed by atoms with Crippen molar-refractivity contribution in [2.45, 2.75) is 26.8 Å². The lowest BCUT2D eigenvalue weighted by Crippen LogP contribution is -2.83. The monoisotopic (exact) mass is 368 g/mol. The molecule has 0 aliphatic carbocycles. The second-order valence-electron chi connectivity index (χ2n) is 6.31. The maximum Gasteiger partial charge on any atom is 0.336 e. The summed E-state index contributed by atoms with van der Waals surface area (Å²) in [4.78, 5) is 11.8. The third-order valence-corrected chi connectivity index (χ3v) is 4.39. The molecular weight excluding hydrogens is 342 g/mol. The molecule has 0 aliphatic heterocycles. The molecule has 2 aromatic carbocycles. The van der Waals surface area contributed by atoms with Crippen LogP contribution in [0.1, 0.15) is 25.0 Å². The van der Waals surface area contributed by atoms with Gasteiger partial charge in [0.2, 0.25) is 0 Å². The van der Waals surface area contributed by atoms with Crippen molar-refractivity contribution in [3.63, 3.8) is 0 Å². The first-order valence-electron chi connectivity index (χ1n) is 9.42. The van der Waals surface area contributed by atoms with Crippen molar-refractivity contribution in [2.75, 3.05) is 19.8 Å². The molecule has 0 unspecified atom stereocenters. The molecule has 0 aliphatic rings. The maximum atomic E-state index is 11.8. The Balaban J connectivity index is 1.53. The average Bonchev–Trinajstić information content (AvgIpc) is 2.68. The molecule has 0 atom stereocenters. The van der Waals surface area contributed by atoms with E-state index in [4.69, 9.17) is 13.9 Å². The fraction of sp³-hybridized carbons (Fsp3) is 0.318. The molecular formula is C22H26NO4+. The fourth-order valence-corrected chi connectivity index (χ4v) is 2.98. The Morgan fingerprint density at radius 2 is 1.70 bits per heavy atom. The summed E-state index contributed by atoms with van der Waals surface area (Å²) in [5.74, 6) is 1.67. The van der Waals surface area contributed by atoms with Crippen molar-refractivity contribution in [1.29, 1.82) is 0 Å². The minimum absolute atomic E-state index is 0.301. The van der Waals surface area contributed by atoms with Gasteiger partial charge in [-0.1, -0.05) is 19.1 Å². The van der Waals surface area contributed by atoms with Crippen LogP contribution in [-0.4, -0.2) is 19.8 Å². The van der Waals surface area contributed by atoms with Gasteiger partial charge in [-0.3, -0.25) is 0 Å². The lowest BCUT2D eigenvalue weighted by atomic mass is 10.1. The summed E-state index contributed by atoms with van der Waals surface area (Å²) >= 11 is 0. The van der Waals surface area contributed by atoms with Crippen molar-refractivity contribution in [3.8, 4) is 11.5 Å². The van der Waals surface area contributed by atoms with E-state index in [1.54, 1.807) is 6.07 Å². The summed E-state index contributed by atoms with van der Waals surface area (Å²) < 4.78 is 16.5. The van der Waals surface area contributed by atoms with E-state index in [-0.39, 0.29) is 5.63 Å². The average molecular weight is 368 g/mol. The summed E-state index contributed by atoms with van der Waals surface area (Å²) in [7, 11) is 0. The van der Waals surface area contributed by atoms with E-state index in [2.05, 4.69) is 18.3 Å². The van der Waals surface area contributed by atoms with Crippen LogP contribution in [0.5, 0.6) is 11.5 Å². The zero-order valence-corrected chi connectivity index (χ0v) is 15.9. The van der Waals surface area contributed by atoms with E-state index in [9.17, 15) is 4.79 Å². The minimum Gasteiger partial charge on any atom is -0.494 e. The van der Waals surface area contributed by atoms with Gasteiger partial charge in [-0.15, -0.1) is 0 Å². The number of rotatable bonds is 9. The first-order chi connectivity index (χ1) is 13.2. The number of ether oxygens (including phenoxy) is 2. The summed E-state index contributed by atoms with van der Waals surface area (Å²) in [5.41, 5.74) is 2.51. The van der Waals surface area contributed by atoms with Gasteiger partial charge in [0.1, 0.15) is 36.8 Å². The maximum absolute atomic E-state index is 11.8. The normalized spacial score (nSPS) is 10.9. The number of quaternary nitrogens is 1. The topological polar surface area (TPSA) is 65.3 Å². The van der Waals surface area contributed by atoms with E-state index >= 15 is 0 Å². The van der Waals surface area contributed by atoms with Gasteiger partial charge in [-0.05, 0) is 49.2 Å². The highest BCUT2D eigenvalue weighted by Crippen LogP contribution is 2.19. The molecule has 0 amide bonds. The molecule has 3 rings (SSSR count). The SMILES string of the molecule is CCOc1ccc(OCC[NH2+]Cc2cc(=O)oc3cc(CC)ccc23)cc1. The van der Waals surface area contributed by atoms with E-state index < -0.39 is 0 Å². The molecule has 5 heteroatoms. The molecule has 0 bridgehead atoms. The molecule has 5 nitrogen and oxygen atoms in total. The Morgan fingerprint density at radius 1 is 0.963 bits per heavy atom. The van der Waals surface area contributed by atoms with Crippen molar-refractivity contribution in [3.05, 3.63) is 70.1 Å². The van der Waals surface area contributed by atoms with Crippen LogP contribution in [-0.2, 0) is 13.0 Å². The van der Waals surface area contributed by atoms with Crippen molar-refractivity contribution in [2.24, 2.45) is 0 Å². The zero-order valence-electron chi connectivity index (χ0n) is 15.9. The lowest BCUT2D eigenvalue weighted by Gasteiger charge is -2.08. The molecule has 0 radical (unpaired) electrons. The van der Waals surface area contributed by atoms with Crippen LogP contribution in [0.25, 0.3) is 11.0 Å². The molecule has 2 N–H and O–H groups in total. The third kappa shape index (κ3) is 5.11. The van der Waals surface area contributed by atoms with Gasteiger partial charge in [0, 0.05) is 17.0 Å². The Bertz CT molecular complexity index is 931. The third-order valence-electron chi connectivity index (χ3n) is 4.39. The quantitative estimate of drug-likeness (QED) is 0.466. The van der Waals surface area contributed by atoms with Gasteiger partial charge in [-0.25, -0.2) is 4.79 Å². The zero-order chi connectivity index (χ0) is 19.1. The minimum atomic E-state index is -0.301. The smallest absolute Gasteiger partial charge is 0.336 e. The standard InChI is InChI=1S/C22H25NO4/c1-3-16-5-10-20-17(14-22(24)27-21(20)13-16)15-23-11-12-26-19-8-6-18(7-9-19)25-4-2/h5-10,13-14,23H,3-4,11-12,15H2,1-2H3/p+1. The van der Waals surface area contributed by atoms with E-state index in [0.29, 0.717) is 25.3 Å². The molecule has 0 saturated heterocycles. The number of aryl methyl sites for hydroxylation is 1. The van der Waals surface area contributed by atoms with Crippen LogP contribution >= 0.6 is 0 Å². The first kappa shape index (κ1) is 19.0. The van der Waals surface area contributed by atoms with Crippen LogP contribution in [0.2, 0.25) is 0 Å². The van der Waals surface area contributed by atoms with E-state index in [1.165, 1.54) is 0 Å². The largest absolute Gasteiger partial charge is 0.494 e. The van der Waals surface area contributed by atoms with Crippen LogP contribution in [0.4, 0.5) is 0 Å². The molecule has 0 saturated carbocycles. The van der Waals surface area contributed by atoms with E-state index in [1.807, 2.05) is 43.3 Å². The molecule has 3 aromatic rings. The van der Waals surface area contributed by atoms with Crippen LogP contribution < -0.4 is 20.4 Å². The number of hydrogen-bond donors (Lipinski definition) is 1. The summed E-state index contributed by atoms with van der Waals surface area (Å²) in [6, 6.07) is 15.3. The second-order valence-corrected chi connectivity index (χ2v) is 6.31. The fourth-order valence-electron chi connectivity index (χ4n) is 2.98. The molecule has 0 spiro atoms. The molecule has 0 fully saturated rings. The Kier molecular flexibility index (Phi) is 6.49. The number of fused-ring (bicyclic) bond motifs is 1. The summed E-state index contributed by atoms with van der Waals surface area (Å²) in [6.45, 7) is 6.79. The van der Waals surface area contributed by atoms with Gasteiger partial charge >= 0.3 is 5.63 Å². The number of nitrogens with two attached hydrogens (primary N) is 1. The summed E-state index contributed by atoms with van der Waals surface area (Å²) in [5, 5.41) is 3.13. The Hall–Kier alpha value is -2.79. The number of benzene rings is 2. The first-order valence-corrected chi connectivity index (χ1v) is 9.42. The second kappa shape index (κ2) is 9.24. The molecule has 142 valence electrons. The molecule has 1 heterocycles. The van der Waals surface area contributed by atoms with Crippen LogP contribution in [0, 0.1) is 0 Å². The Morgan fingerprint density at radius 3 is 2.41 bits per heavy atom. The Labute approximate surface area is 158 Å². The van der Waals surface area contributed by atoms with Crippen LogP contribution in [0.15, 0.2) is 57.7 Å². The van der Waals surface area contributed by atoms with Gasteiger partial charge in [-0.2, -0.15) is 0 Å². The van der Waals surface area contributed by atoms with Gasteiger partial charge in [0.25, 0.3) is 0 Å². The predicted molar refractivity (Wildman–Crippen MR) is 105 cm³/mol. The predicted octanol–water partition coefficient (Wildman–Crippen LogP) is 2.90. The summed E-state index contributed by atoms with van der Waals surface area (Å²) in [6.07, 6.45) is 0.916. The van der Waals surface area contributed by atoms with Crippen molar-refractivity contribution < 1.29 is 19.2 Å². The molecule has 1 aromatic heterocycles. The number of hydrogen-bond acceptors (Lipinski definition) is 4. The van der Waals surface area contributed by atoms with Crippen molar-refractivity contribution in [1.82, 2.24) is 0 Å². The van der Waals surface area contributed by atoms with Crippen LogP contribution in [0.3, 0.4) is 0 Å². The van der Waals surface area contributed by atoms with Crippen molar-refractivity contribution >= 4 is 11.0 Å². The highest BCUT2D eigenvalue weighted by atomic mass is 16.5.